The Hall–Kier alpha value is -4.10. The van der Waals surface area contributed by atoms with Crippen LogP contribution < -0.4 is 0 Å². The van der Waals surface area contributed by atoms with Gasteiger partial charge in [-0.15, -0.1) is 0 Å². The van der Waals surface area contributed by atoms with Gasteiger partial charge in [-0.25, -0.2) is 0 Å². The standard InChI is InChI=1S/C18H22.2C16H22/c1-17(2,3)13-11-15-7-9-16(10-8-15)12-14-18(4,5)6;2*1-15(2,3)12-11-13-7-9-14(10-8-13)16(4,5)6/h7-10H,1-6H3;2*7-10H,1-6H3. The summed E-state index contributed by atoms with van der Waals surface area (Å²) in [5.74, 6) is 25.7. The molecule has 0 aliphatic heterocycles. The lowest BCUT2D eigenvalue weighted by molar-refractivity contribution is 0.570. The topological polar surface area (TPSA) is 0 Å². The van der Waals surface area contributed by atoms with E-state index in [9.17, 15) is 0 Å². The largest absolute Gasteiger partial charge is 0.0920 e. The molecule has 0 aliphatic carbocycles. The van der Waals surface area contributed by atoms with Gasteiger partial charge >= 0.3 is 0 Å². The quantitative estimate of drug-likeness (QED) is 0.210. The molecule has 3 rings (SSSR count). The third kappa shape index (κ3) is 21.1. The summed E-state index contributed by atoms with van der Waals surface area (Å²) >= 11 is 0. The Morgan fingerprint density at radius 2 is 0.420 bits per heavy atom. The second-order valence-electron chi connectivity index (χ2n) is 19.2. The molecule has 0 radical (unpaired) electrons. The van der Waals surface area contributed by atoms with Gasteiger partial charge in [-0.3, -0.25) is 0 Å². The van der Waals surface area contributed by atoms with Gasteiger partial charge in [0.15, 0.2) is 0 Å². The summed E-state index contributed by atoms with van der Waals surface area (Å²) in [5, 5.41) is 0. The monoisotopic (exact) mass is 667 g/mol. The Balaban J connectivity index is 0.000000376. The van der Waals surface area contributed by atoms with E-state index < -0.39 is 0 Å². The van der Waals surface area contributed by atoms with Crippen LogP contribution in [0, 0.1) is 69.0 Å². The van der Waals surface area contributed by atoms with Gasteiger partial charge in [0.25, 0.3) is 0 Å². The maximum Gasteiger partial charge on any atom is 0.0246 e. The van der Waals surface area contributed by atoms with Gasteiger partial charge in [0.05, 0.1) is 0 Å². The highest BCUT2D eigenvalue weighted by Crippen LogP contribution is 2.23. The van der Waals surface area contributed by atoms with Crippen LogP contribution in [0.4, 0.5) is 0 Å². The molecule has 3 aromatic carbocycles. The van der Waals surface area contributed by atoms with E-state index in [-0.39, 0.29) is 32.5 Å². The van der Waals surface area contributed by atoms with Crippen LogP contribution in [0.15, 0.2) is 72.8 Å². The lowest BCUT2D eigenvalue weighted by Crippen LogP contribution is -2.10. The van der Waals surface area contributed by atoms with Crippen molar-refractivity contribution >= 4 is 0 Å². The van der Waals surface area contributed by atoms with Crippen molar-refractivity contribution in [2.24, 2.45) is 21.7 Å². The Morgan fingerprint density at radius 3 is 0.560 bits per heavy atom. The van der Waals surface area contributed by atoms with Crippen LogP contribution in [0.2, 0.25) is 0 Å². The molecule has 0 amide bonds. The summed E-state index contributed by atoms with van der Waals surface area (Å²) in [6, 6.07) is 25.3. The van der Waals surface area contributed by atoms with Crippen LogP contribution in [-0.4, -0.2) is 0 Å². The molecule has 0 nitrogen and oxygen atoms in total. The molecule has 0 aromatic heterocycles. The van der Waals surface area contributed by atoms with Crippen LogP contribution in [0.1, 0.15) is 158 Å². The normalized spacial score (nSPS) is 11.6. The Bertz CT molecular complexity index is 1600. The van der Waals surface area contributed by atoms with Crippen LogP contribution in [-0.2, 0) is 10.8 Å². The molecular formula is C50H66. The van der Waals surface area contributed by atoms with Gasteiger partial charge in [0.2, 0.25) is 0 Å². The van der Waals surface area contributed by atoms with Crippen molar-refractivity contribution in [1.29, 1.82) is 0 Å². The first-order valence-corrected chi connectivity index (χ1v) is 18.0. The zero-order valence-corrected chi connectivity index (χ0v) is 34.9. The smallest absolute Gasteiger partial charge is 0.0246 e. The fraction of sp³-hybridized carbons (Fsp3) is 0.480. The van der Waals surface area contributed by atoms with Gasteiger partial charge in [-0.2, -0.15) is 0 Å². The lowest BCUT2D eigenvalue weighted by Gasteiger charge is -2.18. The minimum atomic E-state index is 0.0463. The Morgan fingerprint density at radius 1 is 0.260 bits per heavy atom. The number of rotatable bonds is 0. The summed E-state index contributed by atoms with van der Waals surface area (Å²) < 4.78 is 0. The summed E-state index contributed by atoms with van der Waals surface area (Å²) in [7, 11) is 0. The fourth-order valence-corrected chi connectivity index (χ4v) is 3.78. The van der Waals surface area contributed by atoms with E-state index in [0.29, 0.717) is 0 Å². The van der Waals surface area contributed by atoms with Gasteiger partial charge in [-0.1, -0.05) is 113 Å². The van der Waals surface area contributed by atoms with Gasteiger partial charge < -0.3 is 0 Å². The summed E-state index contributed by atoms with van der Waals surface area (Å²) in [5.41, 5.74) is 7.68. The highest BCUT2D eigenvalue weighted by Gasteiger charge is 2.13. The molecule has 266 valence electrons. The molecule has 0 saturated heterocycles. The van der Waals surface area contributed by atoms with Crippen molar-refractivity contribution in [3.63, 3.8) is 0 Å². The van der Waals surface area contributed by atoms with Crippen molar-refractivity contribution in [3.05, 3.63) is 106 Å². The van der Waals surface area contributed by atoms with Crippen molar-refractivity contribution in [1.82, 2.24) is 0 Å². The third-order valence-electron chi connectivity index (χ3n) is 6.71. The average Bonchev–Trinajstić information content (AvgIpc) is 2.96. The molecule has 0 spiro atoms. The Kier molecular flexibility index (Phi) is 15.6. The van der Waals surface area contributed by atoms with E-state index in [4.69, 9.17) is 0 Å². The molecule has 3 aromatic rings. The summed E-state index contributed by atoms with van der Waals surface area (Å²) in [6.07, 6.45) is 0. The van der Waals surface area contributed by atoms with Gasteiger partial charge in [0, 0.05) is 43.9 Å². The van der Waals surface area contributed by atoms with Crippen molar-refractivity contribution in [2.75, 3.05) is 0 Å². The molecule has 0 N–H and O–H groups in total. The minimum absolute atomic E-state index is 0.0463. The van der Waals surface area contributed by atoms with E-state index in [0.717, 1.165) is 22.3 Å². The van der Waals surface area contributed by atoms with Gasteiger partial charge in [0.1, 0.15) is 0 Å². The van der Waals surface area contributed by atoms with E-state index in [2.05, 4.69) is 221 Å². The molecule has 0 fully saturated rings. The van der Waals surface area contributed by atoms with Crippen LogP contribution in [0.25, 0.3) is 0 Å². The molecule has 0 unspecified atom stereocenters. The first kappa shape index (κ1) is 43.9. The molecule has 50 heavy (non-hydrogen) atoms. The first-order valence-electron chi connectivity index (χ1n) is 18.0. The van der Waals surface area contributed by atoms with Crippen molar-refractivity contribution in [2.45, 2.75) is 135 Å². The van der Waals surface area contributed by atoms with Crippen LogP contribution in [0.5, 0.6) is 0 Å². The Labute approximate surface area is 309 Å². The van der Waals surface area contributed by atoms with E-state index in [1.807, 2.05) is 24.3 Å². The minimum Gasteiger partial charge on any atom is -0.0920 e. The number of hydrogen-bond acceptors (Lipinski definition) is 0. The summed E-state index contributed by atoms with van der Waals surface area (Å²) in [6.45, 7) is 38.8. The predicted octanol–water partition coefficient (Wildman–Crippen LogP) is 13.2. The van der Waals surface area contributed by atoms with E-state index >= 15 is 0 Å². The highest BCUT2D eigenvalue weighted by atomic mass is 14.2. The number of benzene rings is 3. The van der Waals surface area contributed by atoms with E-state index in [1.54, 1.807) is 0 Å². The van der Waals surface area contributed by atoms with Crippen molar-refractivity contribution in [3.8, 4) is 47.4 Å². The van der Waals surface area contributed by atoms with Crippen LogP contribution in [0.3, 0.4) is 0 Å². The average molecular weight is 667 g/mol. The second-order valence-corrected chi connectivity index (χ2v) is 19.2. The molecule has 0 saturated carbocycles. The maximum atomic E-state index is 3.25. The second kappa shape index (κ2) is 17.7. The maximum absolute atomic E-state index is 3.25. The predicted molar refractivity (Wildman–Crippen MR) is 222 cm³/mol. The third-order valence-corrected chi connectivity index (χ3v) is 6.71. The SMILES string of the molecule is CC(C)(C)C#Cc1ccc(C#CC(C)(C)C)cc1.CC(C)(C)C#Cc1ccc(C(C)(C)C)cc1.CC(C)(C)C#Cc1ccc(C(C)(C)C)cc1. The van der Waals surface area contributed by atoms with Gasteiger partial charge in [-0.05, 0) is 154 Å². The first-order chi connectivity index (χ1) is 22.5. The van der Waals surface area contributed by atoms with E-state index in [1.165, 1.54) is 11.1 Å². The summed E-state index contributed by atoms with van der Waals surface area (Å²) in [4.78, 5) is 0. The zero-order chi connectivity index (χ0) is 38.6. The lowest BCUT2D eigenvalue weighted by atomic mass is 9.86. The molecule has 0 heteroatoms. The number of hydrogen-bond donors (Lipinski definition) is 0. The molecule has 0 aliphatic rings. The molecule has 0 bridgehead atoms. The van der Waals surface area contributed by atoms with Crippen molar-refractivity contribution < 1.29 is 0 Å². The molecule has 0 heterocycles. The highest BCUT2D eigenvalue weighted by molar-refractivity contribution is 5.43. The zero-order valence-electron chi connectivity index (χ0n) is 34.9. The van der Waals surface area contributed by atoms with Crippen LogP contribution >= 0.6 is 0 Å². The fourth-order valence-electron chi connectivity index (χ4n) is 3.78. The molecular weight excluding hydrogens is 601 g/mol. The molecule has 0 atom stereocenters.